The molecule has 0 saturated carbocycles. The lowest BCUT2D eigenvalue weighted by molar-refractivity contribution is 0.135. The lowest BCUT2D eigenvalue weighted by Crippen LogP contribution is -2.52. The van der Waals surface area contributed by atoms with Gasteiger partial charge in [-0.3, -0.25) is 0 Å². The lowest BCUT2D eigenvalue weighted by Gasteiger charge is -2.32. The van der Waals surface area contributed by atoms with E-state index in [4.69, 9.17) is 5.84 Å². The number of hydrogen-bond donors (Lipinski definition) is 3. The third-order valence-corrected chi connectivity index (χ3v) is 4.31. The fraction of sp³-hybridized carbons (Fsp3) is 0.500. The molecule has 1 aliphatic heterocycles. The average molecular weight is 286 g/mol. The van der Waals surface area contributed by atoms with Gasteiger partial charge in [-0.1, -0.05) is 0 Å². The van der Waals surface area contributed by atoms with Crippen LogP contribution < -0.4 is 16.1 Å². The standard InChI is InChI=1S/C10H18N6O2S/c1-15-4-6-16(7-5-15)14-19(17,18)9-2-3-10(13-11)12-8-9/h2-3,8,14H,4-7,11H2,1H3,(H,12,13). The van der Waals surface area contributed by atoms with E-state index in [0.29, 0.717) is 18.9 Å². The zero-order chi connectivity index (χ0) is 13.9. The van der Waals surface area contributed by atoms with Crippen LogP contribution >= 0.6 is 0 Å². The smallest absolute Gasteiger partial charge is 0.254 e. The van der Waals surface area contributed by atoms with E-state index in [1.54, 1.807) is 5.01 Å². The molecule has 0 atom stereocenters. The number of hydrazine groups is 2. The summed E-state index contributed by atoms with van der Waals surface area (Å²) in [6.07, 6.45) is 1.27. The second kappa shape index (κ2) is 5.80. The number of rotatable bonds is 4. The van der Waals surface area contributed by atoms with Crippen LogP contribution in [0.4, 0.5) is 5.82 Å². The minimum absolute atomic E-state index is 0.116. The van der Waals surface area contributed by atoms with Crippen LogP contribution in [-0.4, -0.2) is 56.5 Å². The molecule has 1 saturated heterocycles. The van der Waals surface area contributed by atoms with Crippen molar-refractivity contribution in [1.82, 2.24) is 19.7 Å². The summed E-state index contributed by atoms with van der Waals surface area (Å²) in [5.41, 5.74) is 2.35. The van der Waals surface area contributed by atoms with Gasteiger partial charge in [-0.25, -0.2) is 24.3 Å². The Kier molecular flexibility index (Phi) is 4.32. The Balaban J connectivity index is 2.05. The minimum Gasteiger partial charge on any atom is -0.308 e. The molecule has 1 aromatic rings. The molecular weight excluding hydrogens is 268 g/mol. The van der Waals surface area contributed by atoms with Gasteiger partial charge in [0.25, 0.3) is 10.0 Å². The van der Waals surface area contributed by atoms with E-state index in [0.717, 1.165) is 13.1 Å². The van der Waals surface area contributed by atoms with E-state index in [1.807, 2.05) is 7.05 Å². The molecule has 0 bridgehead atoms. The van der Waals surface area contributed by atoms with Crippen LogP contribution in [-0.2, 0) is 10.0 Å². The molecule has 1 aliphatic rings. The summed E-state index contributed by atoms with van der Waals surface area (Å²) in [6, 6.07) is 2.97. The van der Waals surface area contributed by atoms with Gasteiger partial charge in [0.1, 0.15) is 10.7 Å². The number of pyridine rings is 1. The van der Waals surface area contributed by atoms with Crippen LogP contribution in [0.2, 0.25) is 0 Å². The number of anilines is 1. The summed E-state index contributed by atoms with van der Waals surface area (Å²) in [5.74, 6) is 5.60. The summed E-state index contributed by atoms with van der Waals surface area (Å²) in [6.45, 7) is 2.98. The van der Waals surface area contributed by atoms with Crippen molar-refractivity contribution in [2.75, 3.05) is 38.7 Å². The molecule has 0 aliphatic carbocycles. The first-order valence-electron chi connectivity index (χ1n) is 5.90. The summed E-state index contributed by atoms with van der Waals surface area (Å²) in [7, 11) is -1.57. The van der Waals surface area contributed by atoms with Gasteiger partial charge in [0.2, 0.25) is 0 Å². The van der Waals surface area contributed by atoms with Crippen LogP contribution in [0.25, 0.3) is 0 Å². The molecule has 2 rings (SSSR count). The van der Waals surface area contributed by atoms with Crippen molar-refractivity contribution in [2.24, 2.45) is 5.84 Å². The third kappa shape index (κ3) is 3.61. The monoisotopic (exact) mass is 286 g/mol. The maximum atomic E-state index is 12.1. The van der Waals surface area contributed by atoms with Gasteiger partial charge in [-0.2, -0.15) is 0 Å². The van der Waals surface area contributed by atoms with Gasteiger partial charge in [-0.15, -0.1) is 4.83 Å². The van der Waals surface area contributed by atoms with Crippen molar-refractivity contribution >= 4 is 15.8 Å². The van der Waals surface area contributed by atoms with Gasteiger partial charge in [0.15, 0.2) is 0 Å². The van der Waals surface area contributed by atoms with Crippen molar-refractivity contribution in [2.45, 2.75) is 4.90 Å². The van der Waals surface area contributed by atoms with Gasteiger partial charge >= 0.3 is 0 Å². The second-order valence-corrected chi connectivity index (χ2v) is 6.07. The number of nitrogen functional groups attached to an aromatic ring is 1. The maximum absolute atomic E-state index is 12.1. The molecule has 0 radical (unpaired) electrons. The van der Waals surface area contributed by atoms with Crippen molar-refractivity contribution in [3.8, 4) is 0 Å². The highest BCUT2D eigenvalue weighted by Crippen LogP contribution is 2.10. The molecule has 8 nitrogen and oxygen atoms in total. The van der Waals surface area contributed by atoms with Crippen LogP contribution in [0.15, 0.2) is 23.2 Å². The molecular formula is C10H18N6O2S. The van der Waals surface area contributed by atoms with Crippen LogP contribution in [0.5, 0.6) is 0 Å². The van der Waals surface area contributed by atoms with Crippen LogP contribution in [0.1, 0.15) is 0 Å². The molecule has 19 heavy (non-hydrogen) atoms. The number of hydrogen-bond acceptors (Lipinski definition) is 7. The summed E-state index contributed by atoms with van der Waals surface area (Å²) >= 11 is 0. The van der Waals surface area contributed by atoms with Gasteiger partial charge in [0, 0.05) is 32.4 Å². The molecule has 1 aromatic heterocycles. The van der Waals surface area contributed by atoms with Crippen molar-refractivity contribution < 1.29 is 8.42 Å². The quantitative estimate of drug-likeness (QED) is 0.472. The first-order valence-corrected chi connectivity index (χ1v) is 7.38. The van der Waals surface area contributed by atoms with E-state index < -0.39 is 10.0 Å². The van der Waals surface area contributed by atoms with Crippen LogP contribution in [0.3, 0.4) is 0 Å². The highest BCUT2D eigenvalue weighted by molar-refractivity contribution is 7.89. The Morgan fingerprint density at radius 2 is 1.95 bits per heavy atom. The van der Waals surface area contributed by atoms with E-state index in [2.05, 4.69) is 20.1 Å². The number of nitrogens with zero attached hydrogens (tertiary/aromatic N) is 3. The maximum Gasteiger partial charge on any atom is 0.254 e. The van der Waals surface area contributed by atoms with Crippen LogP contribution in [0, 0.1) is 0 Å². The summed E-state index contributed by atoms with van der Waals surface area (Å²) in [4.78, 5) is 8.71. The van der Waals surface area contributed by atoms with E-state index >= 15 is 0 Å². The molecule has 4 N–H and O–H groups in total. The Labute approximate surface area is 112 Å². The molecule has 1 fully saturated rings. The van der Waals surface area contributed by atoms with Gasteiger partial charge in [0.05, 0.1) is 0 Å². The Morgan fingerprint density at radius 1 is 1.26 bits per heavy atom. The first kappa shape index (κ1) is 14.2. The molecule has 0 amide bonds. The predicted molar refractivity (Wildman–Crippen MR) is 71.4 cm³/mol. The Hall–Kier alpha value is -1.26. The third-order valence-electron chi connectivity index (χ3n) is 2.95. The lowest BCUT2D eigenvalue weighted by atomic mass is 10.4. The molecule has 106 valence electrons. The SMILES string of the molecule is CN1CCN(NS(=O)(=O)c2ccc(NN)nc2)CC1. The first-order chi connectivity index (χ1) is 9.01. The zero-order valence-electron chi connectivity index (χ0n) is 10.7. The number of aromatic nitrogens is 1. The van der Waals surface area contributed by atoms with Crippen molar-refractivity contribution in [3.05, 3.63) is 18.3 Å². The minimum atomic E-state index is -3.58. The fourth-order valence-electron chi connectivity index (χ4n) is 1.75. The predicted octanol–water partition coefficient (Wildman–Crippen LogP) is -1.19. The van der Waals surface area contributed by atoms with E-state index in [9.17, 15) is 8.42 Å². The van der Waals surface area contributed by atoms with Gasteiger partial charge in [-0.05, 0) is 19.2 Å². The molecule has 0 spiro atoms. The van der Waals surface area contributed by atoms with Crippen molar-refractivity contribution in [3.63, 3.8) is 0 Å². The number of piperazine rings is 1. The van der Waals surface area contributed by atoms with E-state index in [-0.39, 0.29) is 4.90 Å². The fourth-order valence-corrected chi connectivity index (χ4v) is 2.81. The molecule has 9 heteroatoms. The normalized spacial score (nSPS) is 18.4. The van der Waals surface area contributed by atoms with Crippen molar-refractivity contribution in [1.29, 1.82) is 0 Å². The summed E-state index contributed by atoms with van der Waals surface area (Å²) in [5, 5.41) is 1.70. The molecule has 2 heterocycles. The number of sulfonamides is 1. The number of nitrogens with two attached hydrogens (primary N) is 1. The summed E-state index contributed by atoms with van der Waals surface area (Å²) < 4.78 is 24.2. The highest BCUT2D eigenvalue weighted by atomic mass is 32.2. The topological polar surface area (TPSA) is 104 Å². The second-order valence-electron chi connectivity index (χ2n) is 4.41. The zero-order valence-corrected chi connectivity index (χ0v) is 11.5. The molecule has 0 aromatic carbocycles. The Morgan fingerprint density at radius 3 is 2.47 bits per heavy atom. The number of likely N-dealkylation sites (N-methyl/N-ethyl adjacent to an activating group) is 1. The average Bonchev–Trinajstić information content (AvgIpc) is 2.41. The number of nitrogens with one attached hydrogen (secondary N) is 2. The Bertz CT molecular complexity index is 509. The largest absolute Gasteiger partial charge is 0.308 e. The van der Waals surface area contributed by atoms with Gasteiger partial charge < -0.3 is 10.3 Å². The molecule has 0 unspecified atom stereocenters. The highest BCUT2D eigenvalue weighted by Gasteiger charge is 2.21. The van der Waals surface area contributed by atoms with E-state index in [1.165, 1.54) is 18.3 Å².